The van der Waals surface area contributed by atoms with Crippen molar-refractivity contribution in [2.75, 3.05) is 39.4 Å². The zero-order chi connectivity index (χ0) is 15.5. The lowest BCUT2D eigenvalue weighted by molar-refractivity contribution is -0.160. The Morgan fingerprint density at radius 2 is 1.81 bits per heavy atom. The van der Waals surface area contributed by atoms with Crippen molar-refractivity contribution in [3.63, 3.8) is 0 Å². The highest BCUT2D eigenvalue weighted by molar-refractivity contribution is 7.85. The molecule has 0 radical (unpaired) electrons. The third-order valence-corrected chi connectivity index (χ3v) is 5.79. The Hall–Kier alpha value is -0.500. The number of ether oxygens (including phenoxy) is 2. The van der Waals surface area contributed by atoms with Crippen LogP contribution in [0.2, 0.25) is 0 Å². The zero-order valence-corrected chi connectivity index (χ0v) is 14.0. The largest absolute Gasteiger partial charge is 0.459 e. The maximum absolute atomic E-state index is 13.1. The van der Waals surface area contributed by atoms with Gasteiger partial charge in [-0.05, 0) is 33.6 Å². The molecule has 0 amide bonds. The molecule has 2 rings (SSSR count). The number of carbonyl (C=O) groups excluding carboxylic acids is 1. The van der Waals surface area contributed by atoms with Crippen LogP contribution >= 0.6 is 0 Å². The fraction of sp³-hybridized carbons (Fsp3) is 0.929. The van der Waals surface area contributed by atoms with Crippen molar-refractivity contribution in [2.24, 2.45) is 0 Å². The molecule has 2 fully saturated rings. The third-order valence-electron chi connectivity index (χ3n) is 3.72. The lowest BCUT2D eigenvalue weighted by atomic mass is 9.99. The Labute approximate surface area is 129 Å². The summed E-state index contributed by atoms with van der Waals surface area (Å²) in [6, 6.07) is 0. The summed E-state index contributed by atoms with van der Waals surface area (Å²) in [6.07, 6.45) is 0.914. The van der Waals surface area contributed by atoms with Gasteiger partial charge >= 0.3 is 5.97 Å². The Morgan fingerprint density at radius 3 is 2.33 bits per heavy atom. The molecule has 0 aromatic rings. The number of nitrogens with zero attached hydrogens (tertiary/aromatic N) is 1. The molecular weight excluding hydrogens is 292 g/mol. The summed E-state index contributed by atoms with van der Waals surface area (Å²) >= 11 is 0. The molecule has 1 N–H and O–H groups in total. The second-order valence-electron chi connectivity index (χ2n) is 6.54. The molecular formula is C14H26N2O4S. The molecule has 0 saturated carbocycles. The first-order valence-electron chi connectivity index (χ1n) is 7.54. The van der Waals surface area contributed by atoms with E-state index in [4.69, 9.17) is 9.47 Å². The van der Waals surface area contributed by atoms with Crippen LogP contribution < -0.4 is 5.32 Å². The number of rotatable bonds is 3. The van der Waals surface area contributed by atoms with Gasteiger partial charge in [0.2, 0.25) is 0 Å². The highest BCUT2D eigenvalue weighted by Crippen LogP contribution is 2.32. The van der Waals surface area contributed by atoms with Gasteiger partial charge in [0.05, 0.1) is 0 Å². The van der Waals surface area contributed by atoms with E-state index >= 15 is 0 Å². The average molecular weight is 318 g/mol. The summed E-state index contributed by atoms with van der Waals surface area (Å²) in [6.45, 7) is 9.41. The van der Waals surface area contributed by atoms with Gasteiger partial charge in [0, 0.05) is 39.4 Å². The fourth-order valence-electron chi connectivity index (χ4n) is 2.58. The quantitative estimate of drug-likeness (QED) is 0.765. The molecule has 21 heavy (non-hydrogen) atoms. The normalized spacial score (nSPS) is 25.3. The van der Waals surface area contributed by atoms with Crippen LogP contribution in [0, 0.1) is 0 Å². The molecule has 6 nitrogen and oxygen atoms in total. The molecule has 0 bridgehead atoms. The molecule has 2 heterocycles. The SMILES string of the molecule is CC(C)(C)OC(=O)C1(S(=O)N2CCNCC2)CCOCC1. The Morgan fingerprint density at radius 1 is 1.24 bits per heavy atom. The monoisotopic (exact) mass is 318 g/mol. The van der Waals surface area contributed by atoms with E-state index in [2.05, 4.69) is 5.32 Å². The van der Waals surface area contributed by atoms with Gasteiger partial charge < -0.3 is 14.8 Å². The summed E-state index contributed by atoms with van der Waals surface area (Å²) in [7, 11) is -1.38. The van der Waals surface area contributed by atoms with Gasteiger partial charge in [-0.2, -0.15) is 0 Å². The van der Waals surface area contributed by atoms with E-state index < -0.39 is 21.3 Å². The second-order valence-corrected chi connectivity index (χ2v) is 8.33. The number of hydrogen-bond donors (Lipinski definition) is 1. The van der Waals surface area contributed by atoms with Crippen molar-refractivity contribution in [1.29, 1.82) is 0 Å². The third kappa shape index (κ3) is 4.03. The summed E-state index contributed by atoms with van der Waals surface area (Å²) in [5.41, 5.74) is -0.573. The predicted octanol–water partition coefficient (Wildman–Crippen LogP) is 0.446. The average Bonchev–Trinajstić information content (AvgIpc) is 2.46. The maximum atomic E-state index is 13.1. The van der Waals surface area contributed by atoms with Crippen molar-refractivity contribution < 1.29 is 18.5 Å². The molecule has 1 atom stereocenters. The van der Waals surface area contributed by atoms with Crippen molar-refractivity contribution in [1.82, 2.24) is 9.62 Å². The van der Waals surface area contributed by atoms with E-state index in [1.54, 1.807) is 0 Å². The van der Waals surface area contributed by atoms with Gasteiger partial charge in [0.25, 0.3) is 0 Å². The first-order chi connectivity index (χ1) is 9.85. The Balaban J connectivity index is 2.19. The topological polar surface area (TPSA) is 67.9 Å². The summed E-state index contributed by atoms with van der Waals surface area (Å²) < 4.78 is 24.9. The zero-order valence-electron chi connectivity index (χ0n) is 13.1. The minimum absolute atomic E-state index is 0.352. The van der Waals surface area contributed by atoms with Gasteiger partial charge in [-0.15, -0.1) is 0 Å². The van der Waals surface area contributed by atoms with Gasteiger partial charge in [-0.3, -0.25) is 4.79 Å². The Bertz CT molecular complexity index is 396. The predicted molar refractivity (Wildman–Crippen MR) is 81.2 cm³/mol. The van der Waals surface area contributed by atoms with Crippen LogP contribution in [0.3, 0.4) is 0 Å². The molecule has 1 unspecified atom stereocenters. The van der Waals surface area contributed by atoms with E-state index in [1.807, 2.05) is 25.1 Å². The molecule has 0 aromatic carbocycles. The molecule has 2 aliphatic rings. The van der Waals surface area contributed by atoms with Gasteiger partial charge in [-0.25, -0.2) is 8.51 Å². The standard InChI is InChI=1S/C14H26N2O4S/c1-13(2,3)20-12(17)14(4-10-19-11-5-14)21(18)16-8-6-15-7-9-16/h15H,4-11H2,1-3H3. The number of carbonyl (C=O) groups is 1. The molecule has 2 aliphatic heterocycles. The van der Waals surface area contributed by atoms with Crippen LogP contribution in [0.1, 0.15) is 33.6 Å². The van der Waals surface area contributed by atoms with Crippen molar-refractivity contribution >= 4 is 17.0 Å². The van der Waals surface area contributed by atoms with Crippen LogP contribution in [0.15, 0.2) is 0 Å². The van der Waals surface area contributed by atoms with E-state index in [-0.39, 0.29) is 5.97 Å². The minimum Gasteiger partial charge on any atom is -0.459 e. The number of esters is 1. The highest BCUT2D eigenvalue weighted by atomic mass is 32.2. The first-order valence-corrected chi connectivity index (χ1v) is 8.65. The minimum atomic E-state index is -1.38. The number of nitrogens with one attached hydrogen (secondary N) is 1. The molecule has 2 saturated heterocycles. The number of piperazine rings is 1. The Kier molecular flexibility index (Phi) is 5.40. The van der Waals surface area contributed by atoms with Gasteiger partial charge in [0.15, 0.2) is 4.75 Å². The highest BCUT2D eigenvalue weighted by Gasteiger charge is 2.50. The summed E-state index contributed by atoms with van der Waals surface area (Å²) in [5.74, 6) is -0.352. The van der Waals surface area contributed by atoms with E-state index in [1.165, 1.54) is 0 Å². The van der Waals surface area contributed by atoms with E-state index in [0.29, 0.717) is 39.1 Å². The summed E-state index contributed by atoms with van der Waals surface area (Å²) in [5, 5.41) is 3.24. The van der Waals surface area contributed by atoms with E-state index in [9.17, 15) is 9.00 Å². The second kappa shape index (κ2) is 6.73. The molecule has 0 spiro atoms. The van der Waals surface area contributed by atoms with Gasteiger partial charge in [-0.1, -0.05) is 0 Å². The first kappa shape index (κ1) is 16.9. The van der Waals surface area contributed by atoms with Gasteiger partial charge in [0.1, 0.15) is 16.6 Å². The lowest BCUT2D eigenvalue weighted by Gasteiger charge is -2.40. The number of hydrogen-bond acceptors (Lipinski definition) is 5. The smallest absolute Gasteiger partial charge is 0.326 e. The summed E-state index contributed by atoms with van der Waals surface area (Å²) in [4.78, 5) is 12.7. The fourth-order valence-corrected chi connectivity index (χ4v) is 4.29. The van der Waals surface area contributed by atoms with Crippen LogP contribution in [-0.2, 0) is 25.3 Å². The molecule has 0 aromatic heterocycles. The maximum Gasteiger partial charge on any atom is 0.326 e. The van der Waals surface area contributed by atoms with Crippen molar-refractivity contribution in [2.45, 2.75) is 44.0 Å². The van der Waals surface area contributed by atoms with Crippen LogP contribution in [0.4, 0.5) is 0 Å². The van der Waals surface area contributed by atoms with Crippen LogP contribution in [0.25, 0.3) is 0 Å². The van der Waals surface area contributed by atoms with Crippen molar-refractivity contribution in [3.05, 3.63) is 0 Å². The van der Waals surface area contributed by atoms with Crippen LogP contribution in [0.5, 0.6) is 0 Å². The van der Waals surface area contributed by atoms with Crippen molar-refractivity contribution in [3.8, 4) is 0 Å². The van der Waals surface area contributed by atoms with Crippen LogP contribution in [-0.4, -0.2) is 64.2 Å². The molecule has 7 heteroatoms. The molecule has 0 aliphatic carbocycles. The van der Waals surface area contributed by atoms with E-state index in [0.717, 1.165) is 13.1 Å². The molecule has 122 valence electrons. The lowest BCUT2D eigenvalue weighted by Crippen LogP contribution is -2.57.